The number of hydrogen-bond donors (Lipinski definition) is 1. The minimum atomic E-state index is -0.885. The zero-order valence-corrected chi connectivity index (χ0v) is 10.8. The molecule has 102 valence electrons. The lowest BCUT2D eigenvalue weighted by molar-refractivity contribution is -0.137. The second kappa shape index (κ2) is 5.73. The maximum Gasteiger partial charge on any atom is 0.305 e. The summed E-state index contributed by atoms with van der Waals surface area (Å²) in [6.07, 6.45) is 1.89. The largest absolute Gasteiger partial charge is 0.497 e. The number of benzene rings is 1. The van der Waals surface area contributed by atoms with Gasteiger partial charge in [-0.25, -0.2) is 0 Å². The average molecular weight is 263 g/mol. The number of carbonyl (C=O) groups excluding carboxylic acids is 1. The first kappa shape index (κ1) is 13.4. The Morgan fingerprint density at radius 1 is 1.42 bits per heavy atom. The molecule has 0 atom stereocenters. The van der Waals surface area contributed by atoms with Crippen molar-refractivity contribution in [1.82, 2.24) is 4.90 Å². The SMILES string of the molecule is COc1cccc(C(=O)N(CCC(=O)O)C2CC2)c1. The van der Waals surface area contributed by atoms with Crippen molar-refractivity contribution in [3.8, 4) is 5.75 Å². The lowest BCUT2D eigenvalue weighted by Crippen LogP contribution is -2.35. The molecule has 5 nitrogen and oxygen atoms in total. The zero-order chi connectivity index (χ0) is 13.8. The van der Waals surface area contributed by atoms with E-state index >= 15 is 0 Å². The Morgan fingerprint density at radius 3 is 2.74 bits per heavy atom. The van der Waals surface area contributed by atoms with Crippen LogP contribution in [0.5, 0.6) is 5.75 Å². The molecule has 19 heavy (non-hydrogen) atoms. The standard InChI is InChI=1S/C14H17NO4/c1-19-12-4-2-3-10(9-12)14(18)15(11-5-6-11)8-7-13(16)17/h2-4,9,11H,5-8H2,1H3,(H,16,17). The Bertz CT molecular complexity index is 482. The van der Waals surface area contributed by atoms with Gasteiger partial charge in [0.15, 0.2) is 0 Å². The van der Waals surface area contributed by atoms with Gasteiger partial charge in [-0.2, -0.15) is 0 Å². The lowest BCUT2D eigenvalue weighted by atomic mass is 10.1. The van der Waals surface area contributed by atoms with Gasteiger partial charge in [-0.05, 0) is 31.0 Å². The molecule has 5 heteroatoms. The van der Waals surface area contributed by atoms with Gasteiger partial charge in [0.2, 0.25) is 0 Å². The van der Waals surface area contributed by atoms with E-state index in [-0.39, 0.29) is 24.9 Å². The van der Waals surface area contributed by atoms with Gasteiger partial charge in [0.1, 0.15) is 5.75 Å². The molecule has 0 bridgehead atoms. The van der Waals surface area contributed by atoms with Gasteiger partial charge in [0.05, 0.1) is 13.5 Å². The van der Waals surface area contributed by atoms with Crippen LogP contribution in [-0.4, -0.2) is 41.6 Å². The molecule has 1 aromatic rings. The van der Waals surface area contributed by atoms with Crippen LogP contribution in [-0.2, 0) is 4.79 Å². The summed E-state index contributed by atoms with van der Waals surface area (Å²) in [7, 11) is 1.55. The third-order valence-electron chi connectivity index (χ3n) is 3.13. The van der Waals surface area contributed by atoms with Gasteiger partial charge in [0.25, 0.3) is 5.91 Å². The number of carboxylic acids is 1. The number of rotatable bonds is 6. The molecule has 0 saturated heterocycles. The van der Waals surface area contributed by atoms with Crippen LogP contribution in [0.2, 0.25) is 0 Å². The summed E-state index contributed by atoms with van der Waals surface area (Å²) >= 11 is 0. The first-order chi connectivity index (χ1) is 9.11. The molecule has 1 aliphatic carbocycles. The Labute approximate surface area is 111 Å². The van der Waals surface area contributed by atoms with Gasteiger partial charge in [-0.1, -0.05) is 6.07 Å². The first-order valence-corrected chi connectivity index (χ1v) is 6.28. The summed E-state index contributed by atoms with van der Waals surface area (Å²) in [5, 5.41) is 8.74. The van der Waals surface area contributed by atoms with Crippen molar-refractivity contribution in [2.75, 3.05) is 13.7 Å². The maximum atomic E-state index is 12.4. The van der Waals surface area contributed by atoms with Crippen LogP contribution in [0.25, 0.3) is 0 Å². The number of ether oxygens (including phenoxy) is 1. The van der Waals surface area contributed by atoms with Crippen molar-refractivity contribution in [3.63, 3.8) is 0 Å². The highest BCUT2D eigenvalue weighted by Gasteiger charge is 2.33. The van der Waals surface area contributed by atoms with E-state index in [0.29, 0.717) is 11.3 Å². The van der Waals surface area contributed by atoms with Crippen molar-refractivity contribution in [1.29, 1.82) is 0 Å². The first-order valence-electron chi connectivity index (χ1n) is 6.28. The third-order valence-corrected chi connectivity index (χ3v) is 3.13. The quantitative estimate of drug-likeness (QED) is 0.849. The molecule has 0 spiro atoms. The summed E-state index contributed by atoms with van der Waals surface area (Å²) in [6, 6.07) is 7.13. The molecule has 1 fully saturated rings. The highest BCUT2D eigenvalue weighted by molar-refractivity contribution is 5.95. The van der Waals surface area contributed by atoms with Crippen molar-refractivity contribution < 1.29 is 19.4 Å². The number of hydrogen-bond acceptors (Lipinski definition) is 3. The molecular weight excluding hydrogens is 246 g/mol. The topological polar surface area (TPSA) is 66.8 Å². The molecule has 0 heterocycles. The zero-order valence-electron chi connectivity index (χ0n) is 10.8. The fraction of sp³-hybridized carbons (Fsp3) is 0.429. The molecule has 0 aliphatic heterocycles. The molecule has 2 rings (SSSR count). The Morgan fingerprint density at radius 2 is 2.16 bits per heavy atom. The minimum absolute atomic E-state index is 0.0216. The number of amides is 1. The lowest BCUT2D eigenvalue weighted by Gasteiger charge is -2.21. The molecule has 0 radical (unpaired) electrons. The van der Waals surface area contributed by atoms with Crippen LogP contribution in [0.3, 0.4) is 0 Å². The molecule has 0 unspecified atom stereocenters. The summed E-state index contributed by atoms with van der Waals surface area (Å²) < 4.78 is 5.09. The van der Waals surface area contributed by atoms with E-state index in [0.717, 1.165) is 12.8 Å². The van der Waals surface area contributed by atoms with E-state index in [1.165, 1.54) is 0 Å². The van der Waals surface area contributed by atoms with Gasteiger partial charge < -0.3 is 14.7 Å². The van der Waals surface area contributed by atoms with Crippen molar-refractivity contribution in [2.24, 2.45) is 0 Å². The van der Waals surface area contributed by atoms with Crippen LogP contribution < -0.4 is 4.74 Å². The minimum Gasteiger partial charge on any atom is -0.497 e. The van der Waals surface area contributed by atoms with Crippen LogP contribution >= 0.6 is 0 Å². The van der Waals surface area contributed by atoms with Gasteiger partial charge in [-0.3, -0.25) is 9.59 Å². The molecule has 1 aliphatic rings. The van der Waals surface area contributed by atoms with E-state index in [1.807, 2.05) is 0 Å². The number of nitrogens with zero attached hydrogens (tertiary/aromatic N) is 1. The third kappa shape index (κ3) is 3.47. The summed E-state index contributed by atoms with van der Waals surface area (Å²) in [6.45, 7) is 0.260. The summed E-state index contributed by atoms with van der Waals surface area (Å²) in [5.41, 5.74) is 0.539. The molecule has 1 N–H and O–H groups in total. The summed E-state index contributed by atoms with van der Waals surface area (Å²) in [4.78, 5) is 24.7. The van der Waals surface area contributed by atoms with E-state index in [2.05, 4.69) is 0 Å². The van der Waals surface area contributed by atoms with Crippen molar-refractivity contribution >= 4 is 11.9 Å². The highest BCUT2D eigenvalue weighted by atomic mass is 16.5. The van der Waals surface area contributed by atoms with Crippen LogP contribution in [0.4, 0.5) is 0 Å². The molecular formula is C14H17NO4. The maximum absolute atomic E-state index is 12.4. The van der Waals surface area contributed by atoms with Crippen LogP contribution in [0.15, 0.2) is 24.3 Å². The van der Waals surface area contributed by atoms with E-state index in [1.54, 1.807) is 36.3 Å². The predicted octanol–water partition coefficient (Wildman–Crippen LogP) is 1.77. The van der Waals surface area contributed by atoms with Crippen molar-refractivity contribution in [3.05, 3.63) is 29.8 Å². The molecule has 1 amide bonds. The number of aliphatic carboxylic acids is 1. The van der Waals surface area contributed by atoms with E-state index in [9.17, 15) is 9.59 Å². The van der Waals surface area contributed by atoms with Crippen LogP contribution in [0.1, 0.15) is 29.6 Å². The summed E-state index contributed by atoms with van der Waals surface area (Å²) in [5.74, 6) is -0.383. The number of carboxylic acid groups (broad SMARTS) is 1. The van der Waals surface area contributed by atoms with Crippen molar-refractivity contribution in [2.45, 2.75) is 25.3 Å². The fourth-order valence-corrected chi connectivity index (χ4v) is 1.97. The van der Waals surface area contributed by atoms with E-state index in [4.69, 9.17) is 9.84 Å². The fourth-order valence-electron chi connectivity index (χ4n) is 1.97. The molecule has 1 aromatic carbocycles. The predicted molar refractivity (Wildman–Crippen MR) is 69.3 cm³/mol. The Balaban J connectivity index is 2.11. The number of methoxy groups -OCH3 is 1. The van der Waals surface area contributed by atoms with Gasteiger partial charge >= 0.3 is 5.97 Å². The second-order valence-electron chi connectivity index (χ2n) is 4.61. The monoisotopic (exact) mass is 263 g/mol. The Kier molecular flexibility index (Phi) is 4.04. The second-order valence-corrected chi connectivity index (χ2v) is 4.61. The van der Waals surface area contributed by atoms with Gasteiger partial charge in [0, 0.05) is 18.2 Å². The van der Waals surface area contributed by atoms with Crippen LogP contribution in [0, 0.1) is 0 Å². The van der Waals surface area contributed by atoms with E-state index < -0.39 is 5.97 Å². The number of carbonyl (C=O) groups is 2. The smallest absolute Gasteiger partial charge is 0.305 e. The Hall–Kier alpha value is -2.04. The molecule has 0 aromatic heterocycles. The highest BCUT2D eigenvalue weighted by Crippen LogP contribution is 2.29. The average Bonchev–Trinajstić information content (AvgIpc) is 3.23. The van der Waals surface area contributed by atoms with Gasteiger partial charge in [-0.15, -0.1) is 0 Å². The molecule has 1 saturated carbocycles. The normalized spacial score (nSPS) is 13.9.